The molecular weight excluding hydrogens is 890 g/mol. The molecule has 10 aliphatic heterocycles. The average Bonchev–Trinajstić information content (AvgIpc) is 3.09. The Kier molecular flexibility index (Phi) is 36.2. The number of hydrogen-bond acceptors (Lipinski definition) is 12. The third-order valence-electron chi connectivity index (χ3n) is 7.71. The van der Waals surface area contributed by atoms with Gasteiger partial charge in [0, 0.05) is 112 Å². The van der Waals surface area contributed by atoms with Crippen molar-refractivity contribution in [1.82, 2.24) is 31.9 Å². The van der Waals surface area contributed by atoms with Gasteiger partial charge in [-0.3, -0.25) is 9.11 Å². The molecule has 22 heteroatoms. The third kappa shape index (κ3) is 30.3. The zero-order chi connectivity index (χ0) is 37.7. The Morgan fingerprint density at radius 1 is 0.345 bits per heavy atom. The van der Waals surface area contributed by atoms with Crippen LogP contribution in [0.15, 0.2) is 97.1 Å². The maximum atomic E-state index is 8.63. The van der Waals surface area contributed by atoms with Gasteiger partial charge in [-0.15, -0.1) is 0 Å². The van der Waals surface area contributed by atoms with Crippen LogP contribution in [0.3, 0.4) is 0 Å². The van der Waals surface area contributed by atoms with E-state index in [4.69, 9.17) is 35.0 Å². The second-order valence-corrected chi connectivity index (χ2v) is 13.6. The summed E-state index contributed by atoms with van der Waals surface area (Å²) in [4.78, 5) is 0. The van der Waals surface area contributed by atoms with E-state index in [0.717, 1.165) is 78.5 Å². The van der Waals surface area contributed by atoms with Crippen molar-refractivity contribution in [2.24, 2.45) is 0 Å². The fourth-order valence-electron chi connectivity index (χ4n) is 5.15. The van der Waals surface area contributed by atoms with Gasteiger partial charge < -0.3 is 62.9 Å². The van der Waals surface area contributed by atoms with Gasteiger partial charge in [0.1, 0.15) is 0 Å². The number of hydrogen-bond donors (Lipinski definition) is 8. The van der Waals surface area contributed by atoms with Crippen molar-refractivity contribution in [3.05, 3.63) is 119 Å². The Balaban J connectivity index is -0.000000817. The quantitative estimate of drug-likeness (QED) is 0.0435. The normalized spacial score (nSPS) is 14.1. The third-order valence-corrected chi connectivity index (χ3v) is 7.71. The Morgan fingerprint density at radius 3 is 0.638 bits per heavy atom. The van der Waals surface area contributed by atoms with Crippen molar-refractivity contribution in [2.45, 2.75) is 26.2 Å². The van der Waals surface area contributed by atoms with E-state index in [2.05, 4.69) is 129 Å². The first-order valence-electron chi connectivity index (χ1n) is 16.8. The predicted molar refractivity (Wildman–Crippen MR) is 220 cm³/mol. The van der Waals surface area contributed by atoms with E-state index in [1.165, 1.54) is 44.5 Å². The minimum atomic E-state index is -4.92. The van der Waals surface area contributed by atoms with Crippen molar-refractivity contribution < 1.29 is 89.9 Å². The van der Waals surface area contributed by atoms with Crippen LogP contribution in [-0.4, -0.2) is 87.4 Å². The van der Waals surface area contributed by atoms with Crippen LogP contribution in [0.4, 0.5) is 0 Å². The van der Waals surface area contributed by atoms with E-state index in [-0.39, 0.29) is 54.9 Å². The Labute approximate surface area is 361 Å². The first kappa shape index (κ1) is 61.9. The first-order valence-corrected chi connectivity index (χ1v) is 19.5. The number of rotatable bonds is 0. The van der Waals surface area contributed by atoms with Gasteiger partial charge in [0.15, 0.2) is 0 Å². The topological polar surface area (TPSA) is 359 Å². The van der Waals surface area contributed by atoms with Crippen molar-refractivity contribution in [1.29, 1.82) is 0 Å². The SMILES string of the molecule is O=S(=O)([O-])O.O=S(=O)([O-])O.[Ni].[Ni].[OH3+].[OH3+].[OH3+].[OH3+].c1cc2ccc1CNCCNCCNCc1ccc(cc1)-c1ccc(cc1)CNCCNCCNCc1ccc-2cc1. The summed E-state index contributed by atoms with van der Waals surface area (Å²) in [6, 6.07) is 35.6. The van der Waals surface area contributed by atoms with Crippen LogP contribution in [-0.2, 0) is 102 Å². The molecule has 14 rings (SSSR count). The standard InChI is InChI=1S/C36H46N6.2Ni.2H2O4S.4H2O/c1-9-33-10-2-29(1)25-39-21-17-37-18-22-41-27-31-5-13-35(14-6-31)36-15-7-32(8-16-36)28-42-24-20-38-19-23-40-26-30-3-11-34(33)12-4-30;;;2*1-5(2,3)4;;;;/h1-16,37-42H,17-28H2;;;2*(H2,1,2,3,4);4*1H2/p+2. The fraction of sp³-hybridized carbons (Fsp3) is 0.333. The van der Waals surface area contributed by atoms with Gasteiger partial charge in [0.2, 0.25) is 20.8 Å². The molecule has 0 saturated carbocycles. The largest absolute Gasteiger partial charge is 0.726 e. The Hall–Kier alpha value is -2.79. The van der Waals surface area contributed by atoms with Crippen molar-refractivity contribution in [3.63, 3.8) is 0 Å². The van der Waals surface area contributed by atoms with Gasteiger partial charge in [-0.05, 0) is 44.5 Å². The van der Waals surface area contributed by atoms with Gasteiger partial charge in [-0.25, -0.2) is 16.8 Å². The molecule has 4 aromatic carbocycles. The van der Waals surface area contributed by atoms with E-state index in [0.29, 0.717) is 0 Å². The van der Waals surface area contributed by atoms with Crippen LogP contribution >= 0.6 is 0 Å². The van der Waals surface area contributed by atoms with Gasteiger partial charge in [0.25, 0.3) is 0 Å². The van der Waals surface area contributed by atoms with E-state index < -0.39 is 20.8 Å². The minimum Gasteiger partial charge on any atom is -0.726 e. The molecule has 0 spiro atoms. The van der Waals surface area contributed by atoms with Crippen molar-refractivity contribution in [2.75, 3.05) is 52.4 Å². The molecule has 0 unspecified atom stereocenters. The molecule has 4 aromatic rings. The van der Waals surface area contributed by atoms with Gasteiger partial charge in [0.05, 0.1) is 0 Å². The van der Waals surface area contributed by atoms with Crippen LogP contribution in [0, 0.1) is 0 Å². The second kappa shape index (κ2) is 34.0. The molecule has 18 nitrogen and oxygen atoms in total. The van der Waals surface area contributed by atoms with Crippen LogP contribution in [0.25, 0.3) is 22.3 Å². The summed E-state index contributed by atoms with van der Waals surface area (Å²) >= 11 is 0. The molecule has 8 bridgehead atoms. The fourth-order valence-corrected chi connectivity index (χ4v) is 5.15. The average molecular weight is 950 g/mol. The molecule has 0 aromatic heterocycles. The Bertz CT molecular complexity index is 1560. The zero-order valence-electron chi connectivity index (χ0n) is 31.8. The molecule has 0 radical (unpaired) electrons. The summed E-state index contributed by atoms with van der Waals surface area (Å²) in [6.07, 6.45) is 0. The molecule has 0 atom stereocenters. The van der Waals surface area contributed by atoms with E-state index >= 15 is 0 Å². The van der Waals surface area contributed by atoms with E-state index in [9.17, 15) is 0 Å². The maximum absolute atomic E-state index is 8.63. The summed E-state index contributed by atoms with van der Waals surface area (Å²) in [5, 5.41) is 21.2. The summed E-state index contributed by atoms with van der Waals surface area (Å²) in [5.41, 5.74) is 10.3. The molecule has 0 amide bonds. The predicted octanol–water partition coefficient (Wildman–Crippen LogP) is -1.41. The van der Waals surface area contributed by atoms with Crippen LogP contribution < -0.4 is 31.9 Å². The van der Waals surface area contributed by atoms with Crippen molar-refractivity contribution >= 4 is 20.8 Å². The summed E-state index contributed by atoms with van der Waals surface area (Å²) in [5.74, 6) is 0. The van der Waals surface area contributed by atoms with E-state index in [1.54, 1.807) is 0 Å². The molecule has 10 heterocycles. The molecular formula is C36H60N6Ni2O12S2+2. The molecule has 20 N–H and O–H groups in total. The molecule has 58 heavy (non-hydrogen) atoms. The van der Waals surface area contributed by atoms with Gasteiger partial charge >= 0.3 is 0 Å². The molecule has 10 aliphatic rings. The van der Waals surface area contributed by atoms with Crippen molar-refractivity contribution in [3.8, 4) is 22.3 Å². The summed E-state index contributed by atoms with van der Waals surface area (Å²) in [7, 11) is -9.83. The minimum absolute atomic E-state index is 0. The molecule has 0 aliphatic carbocycles. The zero-order valence-corrected chi connectivity index (χ0v) is 35.4. The molecule has 0 saturated heterocycles. The summed E-state index contributed by atoms with van der Waals surface area (Å²) in [6.45, 7) is 11.2. The summed E-state index contributed by atoms with van der Waals surface area (Å²) < 4.78 is 65.7. The van der Waals surface area contributed by atoms with Gasteiger partial charge in [-0.2, -0.15) is 0 Å². The monoisotopic (exact) mass is 948 g/mol. The van der Waals surface area contributed by atoms with Gasteiger partial charge in [-0.1, -0.05) is 97.1 Å². The van der Waals surface area contributed by atoms with Crippen LogP contribution in [0.1, 0.15) is 22.3 Å². The molecule has 0 fully saturated rings. The van der Waals surface area contributed by atoms with Crippen LogP contribution in [0.2, 0.25) is 0 Å². The smallest absolute Gasteiger partial charge is 0.215 e. The maximum Gasteiger partial charge on any atom is 0.215 e. The first-order chi connectivity index (χ1) is 24.8. The molecule has 336 valence electrons. The Morgan fingerprint density at radius 2 is 0.483 bits per heavy atom. The number of nitrogens with one attached hydrogen (secondary N) is 6. The van der Waals surface area contributed by atoms with Crippen LogP contribution in [0.5, 0.6) is 0 Å². The second-order valence-electron chi connectivity index (χ2n) is 11.9. The van der Waals surface area contributed by atoms with E-state index in [1.807, 2.05) is 0 Å². The number of benzene rings is 4.